The Morgan fingerprint density at radius 3 is 2.70 bits per heavy atom. The third kappa shape index (κ3) is 4.96. The molecule has 2 N–H and O–H groups in total. The number of rotatable bonds is 4. The predicted octanol–water partition coefficient (Wildman–Crippen LogP) is 2.30. The molecule has 180 valence electrons. The number of esters is 3. The van der Waals surface area contributed by atoms with Crippen LogP contribution < -0.4 is 0 Å². The summed E-state index contributed by atoms with van der Waals surface area (Å²) >= 11 is 0. The average Bonchev–Trinajstić information content (AvgIpc) is 3.01. The van der Waals surface area contributed by atoms with Crippen LogP contribution in [0.25, 0.3) is 0 Å². The van der Waals surface area contributed by atoms with E-state index >= 15 is 0 Å². The molecule has 3 aliphatic rings. The zero-order valence-electron chi connectivity index (χ0n) is 19.5. The van der Waals surface area contributed by atoms with Crippen molar-refractivity contribution in [1.82, 2.24) is 0 Å². The first kappa shape index (κ1) is 24.9. The first-order valence-electron chi connectivity index (χ1n) is 11.2. The maximum atomic E-state index is 12.9. The number of fused-ring (bicyclic) bond motifs is 3. The molecule has 1 saturated heterocycles. The van der Waals surface area contributed by atoms with E-state index in [9.17, 15) is 19.5 Å². The molecule has 8 nitrogen and oxygen atoms in total. The molecule has 0 aromatic carbocycles. The molecule has 2 heterocycles. The topological polar surface area (TPSA) is 119 Å². The monoisotopic (exact) mass is 460 g/mol. The van der Waals surface area contributed by atoms with E-state index in [1.165, 1.54) is 13.0 Å². The molecule has 5 atom stereocenters. The Morgan fingerprint density at radius 2 is 2.06 bits per heavy atom. The van der Waals surface area contributed by atoms with Gasteiger partial charge in [0.2, 0.25) is 0 Å². The number of carbonyl (C=O) groups is 3. The zero-order chi connectivity index (χ0) is 24.5. The van der Waals surface area contributed by atoms with Crippen molar-refractivity contribution in [3.05, 3.63) is 47.1 Å². The third-order valence-electron chi connectivity index (χ3n) is 6.71. The van der Waals surface area contributed by atoms with Gasteiger partial charge < -0.3 is 24.4 Å². The van der Waals surface area contributed by atoms with E-state index in [0.717, 1.165) is 5.57 Å². The standard InChI is InChI=1S/C25H32O8/c1-13(2)25(30)12-17-6-7-18(33-24(25)29)15(4)10-19-21(16(5)23(28)32-19)20(11-17)31-22(27)14(3)8-9-26/h6,8,10,13,18-21,26,30H,5,7,9,11-12H2,1-4H3/b14-8-,15-10-,17-6-/t18-,19+,20+,21-,25+/m0/s1. The van der Waals surface area contributed by atoms with Crippen LogP contribution in [0, 0.1) is 11.8 Å². The molecule has 0 amide bonds. The van der Waals surface area contributed by atoms with Crippen molar-refractivity contribution in [3.63, 3.8) is 0 Å². The lowest BCUT2D eigenvalue weighted by Crippen LogP contribution is -2.48. The fraction of sp³-hybridized carbons (Fsp3) is 0.560. The summed E-state index contributed by atoms with van der Waals surface area (Å²) in [4.78, 5) is 38.0. The molecule has 8 heteroatoms. The van der Waals surface area contributed by atoms with Crippen LogP contribution in [0.5, 0.6) is 0 Å². The number of hydrogen-bond donors (Lipinski definition) is 2. The molecule has 1 fully saturated rings. The van der Waals surface area contributed by atoms with E-state index in [2.05, 4.69) is 6.58 Å². The van der Waals surface area contributed by atoms with Gasteiger partial charge in [0.05, 0.1) is 12.5 Å². The largest absolute Gasteiger partial charge is 0.458 e. The molecule has 2 aliphatic heterocycles. The van der Waals surface area contributed by atoms with Crippen LogP contribution in [0.4, 0.5) is 0 Å². The van der Waals surface area contributed by atoms with Crippen molar-refractivity contribution in [2.45, 2.75) is 70.9 Å². The van der Waals surface area contributed by atoms with Gasteiger partial charge in [-0.15, -0.1) is 0 Å². The van der Waals surface area contributed by atoms with E-state index < -0.39 is 53.7 Å². The summed E-state index contributed by atoms with van der Waals surface area (Å²) in [5.74, 6) is -3.00. The van der Waals surface area contributed by atoms with Crippen molar-refractivity contribution in [1.29, 1.82) is 0 Å². The van der Waals surface area contributed by atoms with Crippen molar-refractivity contribution in [2.24, 2.45) is 11.8 Å². The van der Waals surface area contributed by atoms with Gasteiger partial charge in [-0.1, -0.05) is 32.1 Å². The Kier molecular flexibility index (Phi) is 7.29. The molecule has 3 rings (SSSR count). The van der Waals surface area contributed by atoms with Crippen LogP contribution in [0.2, 0.25) is 0 Å². The second kappa shape index (κ2) is 9.65. The van der Waals surface area contributed by atoms with E-state index in [1.807, 2.05) is 6.08 Å². The summed E-state index contributed by atoms with van der Waals surface area (Å²) in [5.41, 5.74) is 0.0460. The Balaban J connectivity index is 2.09. The molecule has 0 spiro atoms. The normalized spacial score (nSPS) is 36.0. The van der Waals surface area contributed by atoms with Crippen LogP contribution in [0.15, 0.2) is 47.1 Å². The number of aliphatic hydroxyl groups is 2. The minimum absolute atomic E-state index is 0.0111. The molecular formula is C25H32O8. The molecule has 0 saturated carbocycles. The lowest BCUT2D eigenvalue weighted by atomic mass is 9.78. The van der Waals surface area contributed by atoms with Gasteiger partial charge in [-0.2, -0.15) is 0 Å². The van der Waals surface area contributed by atoms with E-state index in [4.69, 9.17) is 19.3 Å². The smallest absolute Gasteiger partial charge is 0.339 e. The molecular weight excluding hydrogens is 428 g/mol. The predicted molar refractivity (Wildman–Crippen MR) is 119 cm³/mol. The molecule has 0 unspecified atom stereocenters. The highest BCUT2D eigenvalue weighted by molar-refractivity contribution is 5.92. The lowest BCUT2D eigenvalue weighted by molar-refractivity contribution is -0.175. The van der Waals surface area contributed by atoms with Gasteiger partial charge in [0, 0.05) is 30.4 Å². The number of hydrogen-bond acceptors (Lipinski definition) is 8. The Morgan fingerprint density at radius 1 is 1.36 bits per heavy atom. The van der Waals surface area contributed by atoms with Gasteiger partial charge >= 0.3 is 17.9 Å². The Bertz CT molecular complexity index is 940. The zero-order valence-corrected chi connectivity index (χ0v) is 19.5. The van der Waals surface area contributed by atoms with E-state index in [-0.39, 0.29) is 30.6 Å². The van der Waals surface area contributed by atoms with Crippen molar-refractivity contribution in [2.75, 3.05) is 6.61 Å². The van der Waals surface area contributed by atoms with Crippen LogP contribution in [-0.4, -0.2) is 58.6 Å². The number of aliphatic hydroxyl groups excluding tert-OH is 1. The third-order valence-corrected chi connectivity index (χ3v) is 6.71. The van der Waals surface area contributed by atoms with E-state index in [0.29, 0.717) is 12.0 Å². The lowest BCUT2D eigenvalue weighted by Gasteiger charge is -2.37. The highest BCUT2D eigenvalue weighted by atomic mass is 16.6. The van der Waals surface area contributed by atoms with Crippen molar-refractivity contribution >= 4 is 17.9 Å². The molecule has 0 aromatic rings. The summed E-state index contributed by atoms with van der Waals surface area (Å²) in [7, 11) is 0. The average molecular weight is 461 g/mol. The molecule has 1 aliphatic carbocycles. The SMILES string of the molecule is C=C1C(=O)O[C@@H]2/C=C(/C)[C@@H]3C/C=C(/C[C@@H](OC(=O)/C(C)=C\CO)[C@@H]12)C[C@@](O)(C(C)C)C(=O)O3. The molecule has 33 heavy (non-hydrogen) atoms. The van der Waals surface area contributed by atoms with Crippen LogP contribution in [0.1, 0.15) is 47.0 Å². The Hall–Kier alpha value is -2.71. The summed E-state index contributed by atoms with van der Waals surface area (Å²) in [6.07, 6.45) is 3.31. The van der Waals surface area contributed by atoms with Crippen LogP contribution in [0.3, 0.4) is 0 Å². The highest BCUT2D eigenvalue weighted by Crippen LogP contribution is 2.40. The van der Waals surface area contributed by atoms with E-state index in [1.54, 1.807) is 26.8 Å². The summed E-state index contributed by atoms with van der Waals surface area (Å²) in [6.45, 7) is 10.3. The molecule has 2 bridgehead atoms. The fourth-order valence-electron chi connectivity index (χ4n) is 4.42. The highest BCUT2D eigenvalue weighted by Gasteiger charge is 2.48. The number of carbonyl (C=O) groups excluding carboxylic acids is 3. The minimum Gasteiger partial charge on any atom is -0.458 e. The maximum absolute atomic E-state index is 12.9. The first-order chi connectivity index (χ1) is 15.5. The number of ether oxygens (including phenoxy) is 3. The maximum Gasteiger partial charge on any atom is 0.339 e. The van der Waals surface area contributed by atoms with Gasteiger partial charge in [0.25, 0.3) is 0 Å². The van der Waals surface area contributed by atoms with Crippen LogP contribution in [-0.2, 0) is 28.6 Å². The Labute approximate surface area is 193 Å². The minimum atomic E-state index is -1.75. The first-order valence-corrected chi connectivity index (χ1v) is 11.2. The fourth-order valence-corrected chi connectivity index (χ4v) is 4.42. The van der Waals surface area contributed by atoms with Gasteiger partial charge in [-0.3, -0.25) is 0 Å². The summed E-state index contributed by atoms with van der Waals surface area (Å²) < 4.78 is 17.0. The van der Waals surface area contributed by atoms with Gasteiger partial charge in [0.1, 0.15) is 18.3 Å². The second-order valence-corrected chi connectivity index (χ2v) is 9.30. The van der Waals surface area contributed by atoms with Gasteiger partial charge in [0.15, 0.2) is 5.60 Å². The quantitative estimate of drug-likeness (QED) is 0.284. The van der Waals surface area contributed by atoms with Crippen molar-refractivity contribution in [3.8, 4) is 0 Å². The van der Waals surface area contributed by atoms with Gasteiger partial charge in [-0.25, -0.2) is 14.4 Å². The second-order valence-electron chi connectivity index (χ2n) is 9.30. The van der Waals surface area contributed by atoms with Crippen molar-refractivity contribution < 1.29 is 38.8 Å². The molecule has 0 aromatic heterocycles. The molecule has 0 radical (unpaired) electrons. The van der Waals surface area contributed by atoms with Gasteiger partial charge in [-0.05, 0) is 37.5 Å². The van der Waals surface area contributed by atoms with Crippen LogP contribution >= 0.6 is 0 Å². The summed E-state index contributed by atoms with van der Waals surface area (Å²) in [5, 5.41) is 20.4. The summed E-state index contributed by atoms with van der Waals surface area (Å²) in [6, 6.07) is 0.